The second kappa shape index (κ2) is 2.12. The Labute approximate surface area is 75.3 Å². The normalized spacial score (nSPS) is 29.7. The highest BCUT2D eigenvalue weighted by molar-refractivity contribution is 6.07. The zero-order chi connectivity index (χ0) is 8.89. The summed E-state index contributed by atoms with van der Waals surface area (Å²) < 4.78 is 10.6. The van der Waals surface area contributed by atoms with Gasteiger partial charge in [-0.05, 0) is 12.1 Å². The van der Waals surface area contributed by atoms with E-state index in [1.807, 2.05) is 18.2 Å². The monoisotopic (exact) mass is 176 g/mol. The van der Waals surface area contributed by atoms with Crippen LogP contribution in [0.25, 0.3) is 0 Å². The number of fused-ring (bicyclic) bond motifs is 1. The van der Waals surface area contributed by atoms with Crippen LogP contribution in [0.4, 0.5) is 0 Å². The number of benzene rings is 1. The van der Waals surface area contributed by atoms with Crippen molar-refractivity contribution in [3.05, 3.63) is 29.8 Å². The summed E-state index contributed by atoms with van der Waals surface area (Å²) in [6.07, 6.45) is 0. The van der Waals surface area contributed by atoms with Crippen LogP contribution in [-0.2, 0) is 4.74 Å². The van der Waals surface area contributed by atoms with Gasteiger partial charge >= 0.3 is 0 Å². The van der Waals surface area contributed by atoms with E-state index in [1.54, 1.807) is 6.07 Å². The van der Waals surface area contributed by atoms with Crippen molar-refractivity contribution in [1.82, 2.24) is 0 Å². The summed E-state index contributed by atoms with van der Waals surface area (Å²) in [5.74, 6) is 0.739. The first-order chi connectivity index (χ1) is 6.32. The molecule has 0 aliphatic carbocycles. The maximum atomic E-state index is 11.8. The molecule has 1 unspecified atom stereocenters. The molecule has 2 heterocycles. The van der Waals surface area contributed by atoms with E-state index in [9.17, 15) is 4.79 Å². The third-order valence-corrected chi connectivity index (χ3v) is 2.50. The fourth-order valence-electron chi connectivity index (χ4n) is 1.59. The number of hydrogen-bond donors (Lipinski definition) is 0. The number of epoxide rings is 1. The minimum Gasteiger partial charge on any atom is -0.489 e. The third kappa shape index (κ3) is 0.848. The number of rotatable bonds is 0. The number of ether oxygens (including phenoxy) is 2. The van der Waals surface area contributed by atoms with Gasteiger partial charge in [0.2, 0.25) is 5.78 Å². The Balaban J connectivity index is 2.13. The lowest BCUT2D eigenvalue weighted by Crippen LogP contribution is -2.36. The summed E-state index contributed by atoms with van der Waals surface area (Å²) in [6, 6.07) is 7.28. The van der Waals surface area contributed by atoms with Crippen LogP contribution in [-0.4, -0.2) is 24.6 Å². The van der Waals surface area contributed by atoms with Crippen molar-refractivity contribution in [3.8, 4) is 5.75 Å². The summed E-state index contributed by atoms with van der Waals surface area (Å²) in [4.78, 5) is 11.8. The van der Waals surface area contributed by atoms with Crippen molar-refractivity contribution in [2.24, 2.45) is 0 Å². The largest absolute Gasteiger partial charge is 0.489 e. The number of carbonyl (C=O) groups excluding carboxylic acids is 1. The smallest absolute Gasteiger partial charge is 0.204 e. The molecule has 3 nitrogen and oxygen atoms in total. The summed E-state index contributed by atoms with van der Waals surface area (Å²) in [7, 11) is 0. The van der Waals surface area contributed by atoms with Crippen molar-refractivity contribution in [3.63, 3.8) is 0 Å². The van der Waals surface area contributed by atoms with Gasteiger partial charge in [0.25, 0.3) is 0 Å². The van der Waals surface area contributed by atoms with Gasteiger partial charge in [-0.1, -0.05) is 12.1 Å². The van der Waals surface area contributed by atoms with Gasteiger partial charge in [0.05, 0.1) is 12.2 Å². The second-order valence-corrected chi connectivity index (χ2v) is 3.40. The van der Waals surface area contributed by atoms with Crippen LogP contribution in [0.1, 0.15) is 10.4 Å². The molecule has 2 aliphatic rings. The molecule has 0 radical (unpaired) electrons. The van der Waals surface area contributed by atoms with E-state index in [1.165, 1.54) is 0 Å². The third-order valence-electron chi connectivity index (χ3n) is 2.50. The molecular weight excluding hydrogens is 168 g/mol. The van der Waals surface area contributed by atoms with E-state index in [4.69, 9.17) is 9.47 Å². The Hall–Kier alpha value is -1.35. The zero-order valence-electron chi connectivity index (χ0n) is 6.95. The maximum absolute atomic E-state index is 11.8. The lowest BCUT2D eigenvalue weighted by Gasteiger charge is -2.20. The summed E-state index contributed by atoms with van der Waals surface area (Å²) in [6.45, 7) is 0.864. The van der Waals surface area contributed by atoms with Crippen molar-refractivity contribution < 1.29 is 14.3 Å². The molecule has 0 N–H and O–H groups in total. The van der Waals surface area contributed by atoms with Crippen LogP contribution in [0.3, 0.4) is 0 Å². The molecule has 0 saturated carbocycles. The van der Waals surface area contributed by atoms with Crippen LogP contribution in [0.2, 0.25) is 0 Å². The predicted octanol–water partition coefficient (Wildman–Crippen LogP) is 1.03. The van der Waals surface area contributed by atoms with Crippen LogP contribution >= 0.6 is 0 Å². The first-order valence-electron chi connectivity index (χ1n) is 4.22. The number of ketones is 1. The average molecular weight is 176 g/mol. The topological polar surface area (TPSA) is 38.8 Å². The van der Waals surface area contributed by atoms with Crippen molar-refractivity contribution in [2.45, 2.75) is 5.60 Å². The highest BCUT2D eigenvalue weighted by Gasteiger charge is 2.55. The molecule has 0 aromatic heterocycles. The molecule has 3 rings (SSSR count). The molecule has 13 heavy (non-hydrogen) atoms. The van der Waals surface area contributed by atoms with Gasteiger partial charge in [-0.2, -0.15) is 0 Å². The van der Waals surface area contributed by atoms with E-state index >= 15 is 0 Å². The quantitative estimate of drug-likeness (QED) is 0.554. The molecule has 1 fully saturated rings. The van der Waals surface area contributed by atoms with Crippen LogP contribution < -0.4 is 4.74 Å². The Morgan fingerprint density at radius 3 is 2.77 bits per heavy atom. The van der Waals surface area contributed by atoms with E-state index in [0.717, 1.165) is 0 Å². The summed E-state index contributed by atoms with van der Waals surface area (Å²) >= 11 is 0. The van der Waals surface area contributed by atoms with E-state index in [-0.39, 0.29) is 5.78 Å². The van der Waals surface area contributed by atoms with Gasteiger partial charge in [-0.15, -0.1) is 0 Å². The minimum absolute atomic E-state index is 0.0642. The molecule has 2 aliphatic heterocycles. The van der Waals surface area contributed by atoms with Crippen LogP contribution in [0.15, 0.2) is 24.3 Å². The predicted molar refractivity (Wildman–Crippen MR) is 45.0 cm³/mol. The molecule has 1 atom stereocenters. The summed E-state index contributed by atoms with van der Waals surface area (Å²) in [5.41, 5.74) is 0.0141. The minimum atomic E-state index is -0.631. The fraction of sp³-hybridized carbons (Fsp3) is 0.300. The van der Waals surface area contributed by atoms with Crippen molar-refractivity contribution >= 4 is 5.78 Å². The molecule has 3 heteroatoms. The van der Waals surface area contributed by atoms with Gasteiger partial charge in [0.1, 0.15) is 12.4 Å². The molecule has 0 bridgehead atoms. The lowest BCUT2D eigenvalue weighted by molar-refractivity contribution is 0.0755. The first-order valence-corrected chi connectivity index (χ1v) is 4.22. The highest BCUT2D eigenvalue weighted by atomic mass is 16.6. The standard InChI is InChI=1S/C10H8O3/c11-9-7-3-1-2-4-8(7)12-5-10(9)6-13-10/h1-4H,5-6H2. The fourth-order valence-corrected chi connectivity index (χ4v) is 1.59. The molecule has 66 valence electrons. The molecule has 1 aromatic carbocycles. The molecule has 0 amide bonds. The molecule has 1 saturated heterocycles. The molecule has 1 spiro atoms. The molecule has 1 aromatic rings. The maximum Gasteiger partial charge on any atom is 0.204 e. The number of carbonyl (C=O) groups is 1. The van der Waals surface area contributed by atoms with Crippen LogP contribution in [0, 0.1) is 0 Å². The Morgan fingerprint density at radius 2 is 2.00 bits per heavy atom. The SMILES string of the molecule is O=C1c2ccccc2OCC12CO2. The van der Waals surface area contributed by atoms with E-state index < -0.39 is 5.60 Å². The van der Waals surface area contributed by atoms with Gasteiger partial charge in [-0.3, -0.25) is 4.79 Å². The Bertz CT molecular complexity index is 380. The number of hydrogen-bond acceptors (Lipinski definition) is 3. The number of Topliss-reactive ketones (excluding diaryl/α,β-unsaturated/α-hetero) is 1. The average Bonchev–Trinajstić information content (AvgIpc) is 2.94. The van der Waals surface area contributed by atoms with Gasteiger partial charge in [-0.25, -0.2) is 0 Å². The lowest BCUT2D eigenvalue weighted by atomic mass is 9.96. The molecular formula is C10H8O3. The first kappa shape index (κ1) is 7.09. The Morgan fingerprint density at radius 1 is 1.23 bits per heavy atom. The second-order valence-electron chi connectivity index (χ2n) is 3.40. The van der Waals surface area contributed by atoms with Gasteiger partial charge < -0.3 is 9.47 Å². The summed E-state index contributed by atoms with van der Waals surface area (Å²) in [5, 5.41) is 0. The number of para-hydroxylation sites is 1. The highest BCUT2D eigenvalue weighted by Crippen LogP contribution is 2.38. The Kier molecular flexibility index (Phi) is 1.15. The van der Waals surface area contributed by atoms with Gasteiger partial charge in [0, 0.05) is 0 Å². The van der Waals surface area contributed by atoms with Crippen LogP contribution in [0.5, 0.6) is 5.75 Å². The van der Waals surface area contributed by atoms with Crippen molar-refractivity contribution in [1.29, 1.82) is 0 Å². The zero-order valence-corrected chi connectivity index (χ0v) is 6.95. The van der Waals surface area contributed by atoms with E-state index in [2.05, 4.69) is 0 Å². The van der Waals surface area contributed by atoms with Gasteiger partial charge in [0.15, 0.2) is 5.60 Å². The van der Waals surface area contributed by atoms with Crippen molar-refractivity contribution in [2.75, 3.05) is 13.2 Å². The van der Waals surface area contributed by atoms with E-state index in [0.29, 0.717) is 24.5 Å².